The van der Waals surface area contributed by atoms with Crippen LogP contribution in [0.2, 0.25) is 0 Å². The van der Waals surface area contributed by atoms with E-state index in [2.05, 4.69) is 71.6 Å². The number of benzene rings is 3. The van der Waals surface area contributed by atoms with E-state index < -0.39 is 5.41 Å². The van der Waals surface area contributed by atoms with Crippen molar-refractivity contribution in [2.75, 3.05) is 27.0 Å². The van der Waals surface area contributed by atoms with Crippen LogP contribution in [0.15, 0.2) is 72.8 Å². The summed E-state index contributed by atoms with van der Waals surface area (Å²) in [4.78, 5) is 16.3. The zero-order valence-electron chi connectivity index (χ0n) is 19.9. The summed E-state index contributed by atoms with van der Waals surface area (Å²) in [5.41, 5.74) is 4.29. The maximum atomic E-state index is 13.8. The van der Waals surface area contributed by atoms with Crippen LogP contribution in [0.5, 0.6) is 11.5 Å². The number of fused-ring (bicyclic) bond motifs is 2. The van der Waals surface area contributed by atoms with Gasteiger partial charge in [0.15, 0.2) is 11.5 Å². The fraction of sp³-hybridized carbons (Fsp3) is 0.367. The fourth-order valence-electron chi connectivity index (χ4n) is 7.86. The Hall–Kier alpha value is -3.31. The molecule has 3 aliphatic carbocycles. The number of nitrogens with zero attached hydrogens (tertiary/aromatic N) is 1. The summed E-state index contributed by atoms with van der Waals surface area (Å²) in [6.45, 7) is 2.65. The highest BCUT2D eigenvalue weighted by Gasteiger charge is 2.70. The molecule has 5 heteroatoms. The number of likely N-dealkylation sites (tertiary alicyclic amines) is 1. The average molecular weight is 468 g/mol. The van der Waals surface area contributed by atoms with Gasteiger partial charge in [0.25, 0.3) is 0 Å². The molecule has 0 aromatic heterocycles. The Morgan fingerprint density at radius 1 is 1.03 bits per heavy atom. The molecular formula is C30H29NO4. The van der Waals surface area contributed by atoms with Crippen LogP contribution in [0.4, 0.5) is 0 Å². The van der Waals surface area contributed by atoms with E-state index in [0.717, 1.165) is 37.4 Å². The number of ether oxygens (including phenoxy) is 3. The Bertz CT molecular complexity index is 1310. The zero-order chi connectivity index (χ0) is 23.6. The van der Waals surface area contributed by atoms with Gasteiger partial charge < -0.3 is 14.2 Å². The maximum absolute atomic E-state index is 13.8. The number of carbonyl (C=O) groups excluding carboxylic acids is 1. The number of methoxy groups -OCH3 is 1. The van der Waals surface area contributed by atoms with Crippen molar-refractivity contribution in [3.05, 3.63) is 95.1 Å². The van der Waals surface area contributed by atoms with Crippen LogP contribution in [-0.2, 0) is 21.5 Å². The lowest BCUT2D eigenvalue weighted by Gasteiger charge is -2.59. The summed E-state index contributed by atoms with van der Waals surface area (Å²) in [6, 6.07) is 25.7. The lowest BCUT2D eigenvalue weighted by Crippen LogP contribution is -2.60. The summed E-state index contributed by atoms with van der Waals surface area (Å²) in [7, 11) is 1.55. The molecule has 5 nitrogen and oxygen atoms in total. The minimum absolute atomic E-state index is 0.0672. The summed E-state index contributed by atoms with van der Waals surface area (Å²) in [5.74, 6) is 1.79. The van der Waals surface area contributed by atoms with Gasteiger partial charge >= 0.3 is 5.97 Å². The van der Waals surface area contributed by atoms with Gasteiger partial charge in [-0.15, -0.1) is 0 Å². The lowest BCUT2D eigenvalue weighted by molar-refractivity contribution is -0.161. The summed E-state index contributed by atoms with van der Waals surface area (Å²) in [6.07, 6.45) is 1.98. The Kier molecular flexibility index (Phi) is 4.56. The normalized spacial score (nSPS) is 30.1. The minimum atomic E-state index is -0.577. The first-order chi connectivity index (χ1) is 17.2. The van der Waals surface area contributed by atoms with Gasteiger partial charge in [-0.2, -0.15) is 0 Å². The topological polar surface area (TPSA) is 48.0 Å². The molecule has 0 amide bonds. The number of hydrogen-bond acceptors (Lipinski definition) is 5. The van der Waals surface area contributed by atoms with Crippen molar-refractivity contribution < 1.29 is 19.0 Å². The highest BCUT2D eigenvalue weighted by molar-refractivity contribution is 5.82. The zero-order valence-corrected chi connectivity index (χ0v) is 19.9. The molecule has 2 heterocycles. The molecule has 2 aliphatic heterocycles. The first kappa shape index (κ1) is 21.0. The van der Waals surface area contributed by atoms with Crippen molar-refractivity contribution in [1.82, 2.24) is 4.90 Å². The quantitative estimate of drug-likeness (QED) is 0.512. The van der Waals surface area contributed by atoms with Crippen molar-refractivity contribution >= 4 is 5.97 Å². The molecule has 5 aliphatic rings. The van der Waals surface area contributed by atoms with E-state index in [0.29, 0.717) is 6.54 Å². The smallest absolute Gasteiger partial charge is 0.314 e. The molecule has 3 aromatic carbocycles. The monoisotopic (exact) mass is 467 g/mol. The van der Waals surface area contributed by atoms with E-state index in [1.165, 1.54) is 22.3 Å². The van der Waals surface area contributed by atoms with E-state index in [1.807, 2.05) is 6.07 Å². The van der Waals surface area contributed by atoms with E-state index in [9.17, 15) is 4.79 Å². The third-order valence-corrected chi connectivity index (χ3v) is 9.11. The molecule has 3 aromatic rings. The van der Waals surface area contributed by atoms with Crippen LogP contribution in [-0.4, -0.2) is 37.9 Å². The standard InChI is InChI=1S/C30H29NO4/c1-33-28(32)30-18-31(16-20-7-3-2-4-8-20)17-27(30)29(21-11-12-25-26(15-21)35-19-34-25)14-13-24(30)22-9-5-6-10-23(22)29/h2-12,15,24,27H,13-14,16-19H2,1H3. The fourth-order valence-corrected chi connectivity index (χ4v) is 7.86. The van der Waals surface area contributed by atoms with Crippen molar-refractivity contribution in [2.45, 2.75) is 30.7 Å². The molecule has 1 saturated heterocycles. The molecule has 35 heavy (non-hydrogen) atoms. The molecule has 1 saturated carbocycles. The number of carbonyl (C=O) groups is 1. The van der Waals surface area contributed by atoms with Crippen LogP contribution < -0.4 is 9.47 Å². The van der Waals surface area contributed by atoms with Crippen LogP contribution in [0.25, 0.3) is 0 Å². The molecule has 2 bridgehead atoms. The summed E-state index contributed by atoms with van der Waals surface area (Å²) >= 11 is 0. The van der Waals surface area contributed by atoms with Crippen molar-refractivity contribution in [1.29, 1.82) is 0 Å². The summed E-state index contributed by atoms with van der Waals surface area (Å²) in [5, 5.41) is 0. The molecule has 8 rings (SSSR count). The molecule has 0 N–H and O–H groups in total. The second-order valence-electron chi connectivity index (χ2n) is 10.5. The highest BCUT2D eigenvalue weighted by atomic mass is 16.7. The van der Waals surface area contributed by atoms with Crippen LogP contribution >= 0.6 is 0 Å². The molecular weight excluding hydrogens is 438 g/mol. The number of esters is 1. The second-order valence-corrected chi connectivity index (χ2v) is 10.5. The van der Waals surface area contributed by atoms with Gasteiger partial charge in [-0.1, -0.05) is 60.7 Å². The van der Waals surface area contributed by atoms with Gasteiger partial charge in [0, 0.05) is 36.9 Å². The Morgan fingerprint density at radius 3 is 2.69 bits per heavy atom. The van der Waals surface area contributed by atoms with Crippen molar-refractivity contribution in [3.8, 4) is 11.5 Å². The second kappa shape index (κ2) is 7.59. The van der Waals surface area contributed by atoms with Crippen LogP contribution in [0.3, 0.4) is 0 Å². The molecule has 4 unspecified atom stereocenters. The predicted octanol–water partition coefficient (Wildman–Crippen LogP) is 4.88. The lowest BCUT2D eigenvalue weighted by atomic mass is 9.42. The molecule has 4 atom stereocenters. The summed E-state index contributed by atoms with van der Waals surface area (Å²) < 4.78 is 17.0. The molecule has 2 fully saturated rings. The first-order valence-corrected chi connectivity index (χ1v) is 12.5. The maximum Gasteiger partial charge on any atom is 0.314 e. The highest BCUT2D eigenvalue weighted by Crippen LogP contribution is 2.69. The minimum Gasteiger partial charge on any atom is -0.469 e. The predicted molar refractivity (Wildman–Crippen MR) is 131 cm³/mol. The van der Waals surface area contributed by atoms with Crippen molar-refractivity contribution in [3.63, 3.8) is 0 Å². The van der Waals surface area contributed by atoms with Gasteiger partial charge in [0.1, 0.15) is 0 Å². The van der Waals surface area contributed by atoms with E-state index in [4.69, 9.17) is 14.2 Å². The first-order valence-electron chi connectivity index (χ1n) is 12.5. The SMILES string of the molecule is COC(=O)C12CN(Cc3ccccc3)CC1C1(c3ccc4c(c3)OCO4)CCC2c2ccccc21. The Morgan fingerprint density at radius 2 is 1.83 bits per heavy atom. The van der Waals surface area contributed by atoms with Crippen LogP contribution in [0, 0.1) is 11.3 Å². The number of hydrogen-bond donors (Lipinski definition) is 0. The molecule has 0 radical (unpaired) electrons. The van der Waals surface area contributed by atoms with Crippen LogP contribution in [0.1, 0.15) is 41.0 Å². The van der Waals surface area contributed by atoms with Gasteiger partial charge in [-0.05, 0) is 47.2 Å². The third kappa shape index (κ3) is 2.76. The molecule has 178 valence electrons. The number of rotatable bonds is 4. The van der Waals surface area contributed by atoms with Gasteiger partial charge in [-0.25, -0.2) is 0 Å². The van der Waals surface area contributed by atoms with E-state index in [1.54, 1.807) is 7.11 Å². The van der Waals surface area contributed by atoms with Gasteiger partial charge in [-0.3, -0.25) is 9.69 Å². The molecule has 0 spiro atoms. The van der Waals surface area contributed by atoms with Gasteiger partial charge in [0.05, 0.1) is 12.5 Å². The van der Waals surface area contributed by atoms with E-state index in [-0.39, 0.29) is 30.0 Å². The Labute approximate surface area is 205 Å². The largest absolute Gasteiger partial charge is 0.469 e. The van der Waals surface area contributed by atoms with Crippen molar-refractivity contribution in [2.24, 2.45) is 11.3 Å². The third-order valence-electron chi connectivity index (χ3n) is 9.11. The average Bonchev–Trinajstić information content (AvgIpc) is 3.54. The Balaban J connectivity index is 1.42. The van der Waals surface area contributed by atoms with Gasteiger partial charge in [0.2, 0.25) is 6.79 Å². The van der Waals surface area contributed by atoms with E-state index >= 15 is 0 Å².